The van der Waals surface area contributed by atoms with Crippen LogP contribution < -0.4 is 0 Å². The molecule has 0 atom stereocenters. The molecule has 0 aromatic heterocycles. The molecule has 9 heteroatoms. The first kappa shape index (κ1) is 52.3. The van der Waals surface area contributed by atoms with E-state index in [0.29, 0.717) is 25.7 Å². The zero-order valence-electron chi connectivity index (χ0n) is 31.1. The van der Waals surface area contributed by atoms with Gasteiger partial charge in [-0.2, -0.15) is 0 Å². The molecule has 0 saturated carbocycles. The third kappa shape index (κ3) is 57.9. The molecule has 0 aliphatic carbocycles. The van der Waals surface area contributed by atoms with E-state index in [1.165, 1.54) is 52.0 Å². The number of aliphatic hydroxyl groups excluding tert-OH is 4. The van der Waals surface area contributed by atoms with Gasteiger partial charge in [-0.15, -0.1) is 0 Å². The smallest absolute Gasteiger partial charge is 0.159 e. The predicted octanol–water partition coefficient (Wildman–Crippen LogP) is 9.81. The van der Waals surface area contributed by atoms with Crippen molar-refractivity contribution in [2.45, 2.75) is 136 Å². The van der Waals surface area contributed by atoms with Crippen LogP contribution in [0.25, 0.3) is 0 Å². The fraction of sp³-hybridized carbons (Fsp3) is 0.667. The summed E-state index contributed by atoms with van der Waals surface area (Å²) in [6, 6.07) is 0. The average Bonchev–Trinajstić information content (AvgIpc) is 2.60. The molecule has 0 bridgehead atoms. The van der Waals surface area contributed by atoms with E-state index in [1.54, 1.807) is 0 Å². The molecular formula is C36H64O8Zr. The van der Waals surface area contributed by atoms with Gasteiger partial charge < -0.3 is 20.4 Å². The Balaban J connectivity index is -0.000000157. The monoisotopic (exact) mass is 714 g/mol. The van der Waals surface area contributed by atoms with E-state index in [4.69, 9.17) is 20.4 Å². The molecule has 0 amide bonds. The number of aliphatic hydroxyl groups is 4. The molecule has 0 heterocycles. The Hall–Kier alpha value is -2.28. The van der Waals surface area contributed by atoms with Crippen LogP contribution in [0.2, 0.25) is 0 Å². The SMILES string of the molecule is C/C(O)=C/C(=O)CC(C)(C)C.C/C(O)=C/C(=O)CC(C)(C)C.C/C(O)=C/C(=O)CC(C)(C)C.C/C(O)=C\C(=O)CC(C)(C)C.[Zr]. The average molecular weight is 716 g/mol. The molecule has 260 valence electrons. The molecule has 0 unspecified atom stereocenters. The van der Waals surface area contributed by atoms with Crippen LogP contribution >= 0.6 is 0 Å². The van der Waals surface area contributed by atoms with E-state index in [9.17, 15) is 19.2 Å². The summed E-state index contributed by atoms with van der Waals surface area (Å²) >= 11 is 0. The summed E-state index contributed by atoms with van der Waals surface area (Å²) in [6.07, 6.45) is 6.98. The molecule has 0 rings (SSSR count). The third-order valence-electron chi connectivity index (χ3n) is 4.30. The van der Waals surface area contributed by atoms with Crippen molar-refractivity contribution in [1.82, 2.24) is 0 Å². The van der Waals surface area contributed by atoms with Crippen molar-refractivity contribution in [2.75, 3.05) is 0 Å². The molecule has 0 fully saturated rings. The van der Waals surface area contributed by atoms with Crippen molar-refractivity contribution in [2.24, 2.45) is 21.7 Å². The normalized spacial score (nSPS) is 13.0. The van der Waals surface area contributed by atoms with Gasteiger partial charge in [0.15, 0.2) is 23.1 Å². The Morgan fingerprint density at radius 3 is 0.556 bits per heavy atom. The number of allylic oxidation sites excluding steroid dienone is 8. The van der Waals surface area contributed by atoms with Gasteiger partial charge in [-0.3, -0.25) is 19.2 Å². The van der Waals surface area contributed by atoms with Crippen molar-refractivity contribution >= 4 is 23.1 Å². The Labute approximate surface area is 293 Å². The second kappa shape index (κ2) is 24.0. The van der Waals surface area contributed by atoms with Gasteiger partial charge >= 0.3 is 0 Å². The Kier molecular flexibility index (Phi) is 27.8. The quantitative estimate of drug-likeness (QED) is 0.143. The Morgan fingerprint density at radius 2 is 0.489 bits per heavy atom. The van der Waals surface area contributed by atoms with Crippen molar-refractivity contribution in [3.63, 3.8) is 0 Å². The van der Waals surface area contributed by atoms with Crippen LogP contribution in [-0.2, 0) is 45.4 Å². The molecule has 0 spiro atoms. The molecule has 8 nitrogen and oxygen atoms in total. The summed E-state index contributed by atoms with van der Waals surface area (Å²) in [5, 5.41) is 35.0. The zero-order valence-corrected chi connectivity index (χ0v) is 33.5. The molecule has 0 radical (unpaired) electrons. The van der Waals surface area contributed by atoms with Crippen LogP contribution in [0.5, 0.6) is 0 Å². The predicted molar refractivity (Wildman–Crippen MR) is 182 cm³/mol. The number of carbonyl (C=O) groups is 4. The summed E-state index contributed by atoms with van der Waals surface area (Å²) in [7, 11) is 0. The van der Waals surface area contributed by atoms with Gasteiger partial charge in [-0.1, -0.05) is 83.1 Å². The summed E-state index contributed by atoms with van der Waals surface area (Å²) in [5.74, 6) is 0.266. The van der Waals surface area contributed by atoms with E-state index in [1.807, 2.05) is 83.1 Å². The van der Waals surface area contributed by atoms with E-state index >= 15 is 0 Å². The van der Waals surface area contributed by atoms with Crippen molar-refractivity contribution in [3.05, 3.63) is 47.3 Å². The maximum Gasteiger partial charge on any atom is 0.159 e. The molecule has 0 aromatic carbocycles. The van der Waals surface area contributed by atoms with Gasteiger partial charge in [0.25, 0.3) is 0 Å². The van der Waals surface area contributed by atoms with Crippen molar-refractivity contribution in [1.29, 1.82) is 0 Å². The van der Waals surface area contributed by atoms with Gasteiger partial charge in [0.05, 0.1) is 23.0 Å². The van der Waals surface area contributed by atoms with E-state index in [2.05, 4.69) is 0 Å². The summed E-state index contributed by atoms with van der Waals surface area (Å²) in [4.78, 5) is 44.1. The van der Waals surface area contributed by atoms with Gasteiger partial charge in [0.1, 0.15) is 0 Å². The first-order chi connectivity index (χ1) is 19.2. The van der Waals surface area contributed by atoms with Gasteiger partial charge in [0, 0.05) is 76.2 Å². The molecule has 4 N–H and O–H groups in total. The fourth-order valence-electron chi connectivity index (χ4n) is 3.23. The largest absolute Gasteiger partial charge is 0.512 e. The van der Waals surface area contributed by atoms with Crippen LogP contribution in [-0.4, -0.2) is 43.6 Å². The maximum absolute atomic E-state index is 11.0. The standard InChI is InChI=1S/4C9H16O2.Zr/c4*1-7(10)5-8(11)6-9(2,3)4;/h4*5,10H,6H2,1-4H3;/b7-5+;3*7-5-;. The summed E-state index contributed by atoms with van der Waals surface area (Å²) in [5.41, 5.74) is 0.0120. The second-order valence-electron chi connectivity index (χ2n) is 16.0. The number of hydrogen-bond acceptors (Lipinski definition) is 8. The van der Waals surface area contributed by atoms with Gasteiger partial charge in [0.2, 0.25) is 0 Å². The number of hydrogen-bond donors (Lipinski definition) is 4. The van der Waals surface area contributed by atoms with Crippen LogP contribution in [0.15, 0.2) is 47.3 Å². The van der Waals surface area contributed by atoms with Crippen molar-refractivity contribution < 1.29 is 65.8 Å². The Bertz CT molecular complexity index is 849. The van der Waals surface area contributed by atoms with Crippen LogP contribution in [0.1, 0.15) is 136 Å². The topological polar surface area (TPSA) is 149 Å². The summed E-state index contributed by atoms with van der Waals surface area (Å²) in [6.45, 7) is 29.9. The zero-order chi connectivity index (χ0) is 36.3. The van der Waals surface area contributed by atoms with Crippen LogP contribution in [0.3, 0.4) is 0 Å². The number of carbonyl (C=O) groups excluding carboxylic acids is 4. The first-order valence-corrected chi connectivity index (χ1v) is 14.8. The Morgan fingerprint density at radius 1 is 0.378 bits per heavy atom. The van der Waals surface area contributed by atoms with Gasteiger partial charge in [-0.25, -0.2) is 0 Å². The van der Waals surface area contributed by atoms with E-state index in [0.717, 1.165) is 0 Å². The minimum Gasteiger partial charge on any atom is -0.512 e. The maximum atomic E-state index is 11.0. The molecule has 0 aliphatic rings. The summed E-state index contributed by atoms with van der Waals surface area (Å²) < 4.78 is 0. The van der Waals surface area contributed by atoms with Gasteiger partial charge in [-0.05, 0) is 49.4 Å². The molecule has 0 aromatic rings. The number of ketones is 4. The van der Waals surface area contributed by atoms with Crippen LogP contribution in [0.4, 0.5) is 0 Å². The minimum atomic E-state index is -0.0162. The fourth-order valence-corrected chi connectivity index (χ4v) is 3.23. The third-order valence-corrected chi connectivity index (χ3v) is 4.30. The van der Waals surface area contributed by atoms with Crippen molar-refractivity contribution in [3.8, 4) is 0 Å². The van der Waals surface area contributed by atoms with E-state index in [-0.39, 0.29) is 94.0 Å². The molecule has 0 aliphatic heterocycles. The van der Waals surface area contributed by atoms with E-state index < -0.39 is 0 Å². The second-order valence-corrected chi connectivity index (χ2v) is 16.0. The van der Waals surface area contributed by atoms with Crippen LogP contribution in [0, 0.1) is 21.7 Å². The minimum absolute atomic E-state index is 0. The molecule has 45 heavy (non-hydrogen) atoms. The molecular weight excluding hydrogens is 652 g/mol. The molecule has 0 saturated heterocycles. The first-order valence-electron chi connectivity index (χ1n) is 14.8. The number of rotatable bonds is 8.